The van der Waals surface area contributed by atoms with E-state index in [1.807, 2.05) is 47.0 Å². The lowest BCUT2D eigenvalue weighted by atomic mass is 9.90. The summed E-state index contributed by atoms with van der Waals surface area (Å²) in [4.78, 5) is 28.8. The fraction of sp³-hybridized carbons (Fsp3) is 0.344. The first kappa shape index (κ1) is 31.4. The lowest BCUT2D eigenvalue weighted by Gasteiger charge is -2.29. The predicted molar refractivity (Wildman–Crippen MR) is 171 cm³/mol. The van der Waals surface area contributed by atoms with Crippen molar-refractivity contribution in [2.45, 2.75) is 31.2 Å². The molecule has 3 N–H and O–H groups in total. The number of aldehydes is 2. The average Bonchev–Trinajstić information content (AvgIpc) is 3.37. The van der Waals surface area contributed by atoms with Gasteiger partial charge in [-0.1, -0.05) is 45.0 Å². The van der Waals surface area contributed by atoms with E-state index >= 15 is 0 Å². The normalized spacial score (nSPS) is 19.4. The first-order chi connectivity index (χ1) is 20.5. The third-order valence-corrected chi connectivity index (χ3v) is 8.83. The van der Waals surface area contributed by atoms with Gasteiger partial charge >= 0.3 is 0 Å². The molecule has 0 spiro atoms. The highest BCUT2D eigenvalue weighted by molar-refractivity contribution is 7.55. The highest BCUT2D eigenvalue weighted by Gasteiger charge is 2.28. The van der Waals surface area contributed by atoms with Crippen molar-refractivity contribution in [3.05, 3.63) is 89.5 Å². The Morgan fingerprint density at radius 1 is 1.14 bits per heavy atom. The first-order valence-electron chi connectivity index (χ1n) is 14.2. The number of likely N-dealkylation sites (N-methyl/N-ethyl adjacent to an activating group) is 1. The molecule has 222 valence electrons. The van der Waals surface area contributed by atoms with Crippen LogP contribution in [0.3, 0.4) is 0 Å². The Morgan fingerprint density at radius 2 is 1.90 bits per heavy atom. The molecule has 42 heavy (non-hydrogen) atoms. The van der Waals surface area contributed by atoms with Gasteiger partial charge in [0, 0.05) is 49.4 Å². The van der Waals surface area contributed by atoms with E-state index < -0.39 is 0 Å². The number of aliphatic imine (C=N–C) groups is 1. The molecule has 2 fully saturated rings. The summed E-state index contributed by atoms with van der Waals surface area (Å²) in [5.41, 5.74) is 9.39. The number of hydrogen-bond acceptors (Lipinski definition) is 6. The van der Waals surface area contributed by atoms with Crippen LogP contribution < -0.4 is 26.8 Å². The minimum absolute atomic E-state index is 0.183. The Morgan fingerprint density at radius 3 is 2.50 bits per heavy atom. The van der Waals surface area contributed by atoms with Crippen LogP contribution in [0.5, 0.6) is 0 Å². The number of benzene rings is 2. The van der Waals surface area contributed by atoms with Crippen LogP contribution in [-0.4, -0.2) is 74.7 Å². The maximum Gasteiger partial charge on any atom is 0.160 e. The van der Waals surface area contributed by atoms with Crippen molar-refractivity contribution >= 4 is 37.6 Å². The van der Waals surface area contributed by atoms with Gasteiger partial charge < -0.3 is 20.2 Å². The number of hydrogen-bond donors (Lipinski definition) is 3. The number of nitrogens with zero attached hydrogens (tertiary/aromatic N) is 3. The quantitative estimate of drug-likeness (QED) is 0.0887. The second-order valence-corrected chi connectivity index (χ2v) is 11.8. The predicted octanol–water partition coefficient (Wildman–Crippen LogP) is 3.07. The largest absolute Gasteiger partial charge is 0.313 e. The monoisotopic (exact) mass is 590 g/mol. The SMILES string of the molecule is CN=C(NNC)c1c(C=O)c(C2CCCN(C)C2)cn1-c1ccc(Pc2ccccc2F)cc1.O=C/C=C/C1CCN1. The summed E-state index contributed by atoms with van der Waals surface area (Å²) in [6.07, 6.45) is 10.6. The molecule has 8 nitrogen and oxygen atoms in total. The van der Waals surface area contributed by atoms with E-state index in [2.05, 4.69) is 39.3 Å². The molecule has 0 aliphatic carbocycles. The summed E-state index contributed by atoms with van der Waals surface area (Å²) < 4.78 is 16.1. The first-order valence-corrected chi connectivity index (χ1v) is 15.2. The molecule has 2 saturated heterocycles. The third kappa shape index (κ3) is 7.86. The molecule has 3 heterocycles. The minimum Gasteiger partial charge on any atom is -0.313 e. The Kier molecular flexibility index (Phi) is 11.7. The van der Waals surface area contributed by atoms with Crippen molar-refractivity contribution in [2.75, 3.05) is 40.8 Å². The topological polar surface area (TPSA) is 90.8 Å². The summed E-state index contributed by atoms with van der Waals surface area (Å²) in [5, 5.41) is 4.88. The molecule has 0 amide bonds. The van der Waals surface area contributed by atoms with Gasteiger partial charge in [0.2, 0.25) is 0 Å². The van der Waals surface area contributed by atoms with Crippen LogP contribution in [0.2, 0.25) is 0 Å². The summed E-state index contributed by atoms with van der Waals surface area (Å²) in [7, 11) is 5.84. The second kappa shape index (κ2) is 15.7. The zero-order valence-corrected chi connectivity index (χ0v) is 25.4. The van der Waals surface area contributed by atoms with Gasteiger partial charge in [-0.25, -0.2) is 9.82 Å². The number of amidine groups is 1. The molecular formula is C32H40FN6O2P. The van der Waals surface area contributed by atoms with Gasteiger partial charge in [-0.15, -0.1) is 0 Å². The van der Waals surface area contributed by atoms with E-state index in [0.29, 0.717) is 22.7 Å². The maximum atomic E-state index is 14.1. The van der Waals surface area contributed by atoms with Crippen LogP contribution in [-0.2, 0) is 4.79 Å². The van der Waals surface area contributed by atoms with Crippen LogP contribution >= 0.6 is 8.58 Å². The average molecular weight is 591 g/mol. The number of hydrazine groups is 1. The summed E-state index contributed by atoms with van der Waals surface area (Å²) in [6, 6.07) is 15.4. The summed E-state index contributed by atoms with van der Waals surface area (Å²) >= 11 is 0. The number of halogens is 1. The Bertz CT molecular complexity index is 1400. The van der Waals surface area contributed by atoms with Gasteiger partial charge in [-0.05, 0) is 80.5 Å². The molecule has 2 aliphatic heterocycles. The molecule has 0 bridgehead atoms. The van der Waals surface area contributed by atoms with E-state index in [9.17, 15) is 14.0 Å². The lowest BCUT2D eigenvalue weighted by molar-refractivity contribution is -0.104. The molecule has 3 unspecified atom stereocenters. The number of nitrogens with one attached hydrogen (secondary N) is 3. The lowest BCUT2D eigenvalue weighted by Crippen LogP contribution is -2.41. The fourth-order valence-electron chi connectivity index (χ4n) is 5.27. The van der Waals surface area contributed by atoms with Crippen molar-refractivity contribution < 1.29 is 14.0 Å². The number of piperidine rings is 1. The molecule has 0 radical (unpaired) electrons. The van der Waals surface area contributed by atoms with E-state index in [-0.39, 0.29) is 20.3 Å². The van der Waals surface area contributed by atoms with Crippen molar-refractivity contribution in [1.82, 2.24) is 25.6 Å². The van der Waals surface area contributed by atoms with Crippen molar-refractivity contribution in [3.63, 3.8) is 0 Å². The molecule has 1 aromatic heterocycles. The zero-order chi connectivity index (χ0) is 29.9. The second-order valence-electron chi connectivity index (χ2n) is 10.4. The fourth-order valence-corrected chi connectivity index (χ4v) is 6.30. The zero-order valence-electron chi connectivity index (χ0n) is 24.4. The number of allylic oxidation sites excluding steroid dienone is 1. The van der Waals surface area contributed by atoms with Crippen LogP contribution in [0.25, 0.3) is 5.69 Å². The van der Waals surface area contributed by atoms with Crippen LogP contribution in [0.1, 0.15) is 46.8 Å². The van der Waals surface area contributed by atoms with Crippen LogP contribution in [0.4, 0.5) is 4.39 Å². The van der Waals surface area contributed by atoms with Crippen molar-refractivity contribution in [3.8, 4) is 5.69 Å². The van der Waals surface area contributed by atoms with Crippen LogP contribution in [0, 0.1) is 5.82 Å². The van der Waals surface area contributed by atoms with Gasteiger partial charge in [-0.2, -0.15) is 0 Å². The molecule has 0 saturated carbocycles. The summed E-state index contributed by atoms with van der Waals surface area (Å²) in [6.45, 7) is 3.09. The third-order valence-electron chi connectivity index (χ3n) is 7.53. The van der Waals surface area contributed by atoms with E-state index in [1.54, 1.807) is 20.2 Å². The summed E-state index contributed by atoms with van der Waals surface area (Å²) in [5.74, 6) is 0.697. The molecular weight excluding hydrogens is 550 g/mol. The van der Waals surface area contributed by atoms with E-state index in [0.717, 1.165) is 67.3 Å². The molecule has 10 heteroatoms. The highest BCUT2D eigenvalue weighted by atomic mass is 31.1. The van der Waals surface area contributed by atoms with Gasteiger partial charge in [0.15, 0.2) is 12.1 Å². The van der Waals surface area contributed by atoms with Gasteiger partial charge in [0.25, 0.3) is 0 Å². The van der Waals surface area contributed by atoms with Crippen molar-refractivity contribution in [1.29, 1.82) is 0 Å². The number of carbonyl (C=O) groups excluding carboxylic acids is 2. The number of carbonyl (C=O) groups is 2. The van der Waals surface area contributed by atoms with Gasteiger partial charge in [0.05, 0.1) is 0 Å². The molecule has 2 aliphatic rings. The Hall–Kier alpha value is -3.49. The highest BCUT2D eigenvalue weighted by Crippen LogP contribution is 2.32. The minimum atomic E-state index is -0.183. The van der Waals surface area contributed by atoms with Gasteiger partial charge in [0.1, 0.15) is 17.8 Å². The van der Waals surface area contributed by atoms with E-state index in [4.69, 9.17) is 0 Å². The van der Waals surface area contributed by atoms with Crippen LogP contribution in [0.15, 0.2) is 71.9 Å². The number of likely N-dealkylation sites (tertiary alicyclic amines) is 1. The number of aromatic nitrogens is 1. The smallest absolute Gasteiger partial charge is 0.160 e. The van der Waals surface area contributed by atoms with E-state index in [1.165, 1.54) is 18.6 Å². The van der Waals surface area contributed by atoms with Crippen molar-refractivity contribution in [2.24, 2.45) is 4.99 Å². The standard InChI is InChI=1S/C26H31FN5OP.C6H9NO/c1-28-26(30-29-2)25-22(17-33)21(18-7-6-14-31(3)15-18)16-32(25)19-10-12-20(13-11-19)34-24-9-5-4-8-23(24)27;8-5-1-2-6-3-4-7-6/h4-5,8-13,16-18,29,34H,6-7,14-15H2,1-3H3,(H,28,30);1-2,5-7H,3-4H2/b;2-1+. The Balaban J connectivity index is 0.000000437. The molecule has 3 aromatic rings. The molecule has 5 rings (SSSR count). The van der Waals surface area contributed by atoms with Gasteiger partial charge in [-0.3, -0.25) is 14.6 Å². The maximum absolute atomic E-state index is 14.1. The molecule has 3 atom stereocenters. The Labute approximate surface area is 249 Å². The number of rotatable bonds is 9. The molecule has 2 aromatic carbocycles.